The number of rotatable bonds is 5. The molecule has 1 aromatic heterocycles. The highest BCUT2D eigenvalue weighted by Gasteiger charge is 2.25. The molecule has 2 aromatic rings. The third kappa shape index (κ3) is 3.93. The van der Waals surface area contributed by atoms with E-state index in [0.717, 1.165) is 18.8 Å². The lowest BCUT2D eigenvalue weighted by molar-refractivity contribution is 0.0118. The largest absolute Gasteiger partial charge is 0.468 e. The lowest BCUT2D eigenvalue weighted by Gasteiger charge is -2.33. The van der Waals surface area contributed by atoms with Crippen LogP contribution in [0.4, 0.5) is 0 Å². The summed E-state index contributed by atoms with van der Waals surface area (Å²) in [7, 11) is 0. The first-order valence-corrected chi connectivity index (χ1v) is 8.01. The number of furan rings is 1. The SMILES string of the molecule is O=C(NC[C@@H](c1ccco1)N1CCOCC1)c1ccccc1Cl. The molecule has 23 heavy (non-hydrogen) atoms. The zero-order valence-corrected chi connectivity index (χ0v) is 13.5. The van der Waals surface area contributed by atoms with Gasteiger partial charge in [0.25, 0.3) is 5.91 Å². The number of morpholine rings is 1. The predicted octanol–water partition coefficient (Wildman–Crippen LogP) is 2.74. The number of carbonyl (C=O) groups excluding carboxylic acids is 1. The number of ether oxygens (including phenoxy) is 1. The molecule has 1 fully saturated rings. The first-order valence-electron chi connectivity index (χ1n) is 7.63. The number of amides is 1. The minimum Gasteiger partial charge on any atom is -0.468 e. The molecule has 0 saturated carbocycles. The van der Waals surface area contributed by atoms with Gasteiger partial charge in [-0.2, -0.15) is 0 Å². The second-order valence-electron chi connectivity index (χ2n) is 5.37. The Balaban J connectivity index is 1.69. The summed E-state index contributed by atoms with van der Waals surface area (Å²) in [6.45, 7) is 3.46. The molecule has 1 aliphatic heterocycles. The van der Waals surface area contributed by atoms with Crippen molar-refractivity contribution in [3.63, 3.8) is 0 Å². The number of nitrogens with one attached hydrogen (secondary N) is 1. The normalized spacial score (nSPS) is 16.9. The number of halogens is 1. The summed E-state index contributed by atoms with van der Waals surface area (Å²) in [5.41, 5.74) is 0.481. The first kappa shape index (κ1) is 16.1. The van der Waals surface area contributed by atoms with Crippen LogP contribution in [0.3, 0.4) is 0 Å². The zero-order chi connectivity index (χ0) is 16.1. The fourth-order valence-corrected chi connectivity index (χ4v) is 2.93. The van der Waals surface area contributed by atoms with Crippen LogP contribution in [0.2, 0.25) is 5.02 Å². The lowest BCUT2D eigenvalue weighted by Crippen LogP contribution is -2.43. The van der Waals surface area contributed by atoms with E-state index in [2.05, 4.69) is 10.2 Å². The molecule has 6 heteroatoms. The highest BCUT2D eigenvalue weighted by Crippen LogP contribution is 2.22. The Morgan fingerprint density at radius 1 is 1.22 bits per heavy atom. The Kier molecular flexibility index (Phi) is 5.33. The van der Waals surface area contributed by atoms with Crippen molar-refractivity contribution in [3.05, 3.63) is 59.0 Å². The molecule has 0 unspecified atom stereocenters. The molecule has 1 aliphatic rings. The molecule has 1 aromatic carbocycles. The van der Waals surface area contributed by atoms with Crippen molar-refractivity contribution < 1.29 is 13.9 Å². The first-order chi connectivity index (χ1) is 11.3. The van der Waals surface area contributed by atoms with Gasteiger partial charge in [0.05, 0.1) is 36.1 Å². The number of benzene rings is 1. The van der Waals surface area contributed by atoms with Gasteiger partial charge in [0, 0.05) is 19.6 Å². The second kappa shape index (κ2) is 7.64. The van der Waals surface area contributed by atoms with Gasteiger partial charge in [-0.25, -0.2) is 0 Å². The van der Waals surface area contributed by atoms with Crippen molar-refractivity contribution in [2.75, 3.05) is 32.8 Å². The van der Waals surface area contributed by atoms with Crippen molar-refractivity contribution in [1.29, 1.82) is 0 Å². The Hall–Kier alpha value is -1.82. The van der Waals surface area contributed by atoms with Crippen LogP contribution < -0.4 is 5.32 Å². The molecule has 1 amide bonds. The monoisotopic (exact) mass is 334 g/mol. The van der Waals surface area contributed by atoms with Gasteiger partial charge in [0.2, 0.25) is 0 Å². The van der Waals surface area contributed by atoms with Crippen molar-refractivity contribution in [2.24, 2.45) is 0 Å². The standard InChI is InChI=1S/C17H19ClN2O3/c18-14-5-2-1-4-13(14)17(21)19-12-15(16-6-3-9-23-16)20-7-10-22-11-8-20/h1-6,9,15H,7-8,10-12H2,(H,19,21)/t15-/m0/s1. The number of hydrogen-bond donors (Lipinski definition) is 1. The van der Waals surface area contributed by atoms with E-state index >= 15 is 0 Å². The summed E-state index contributed by atoms with van der Waals surface area (Å²) in [4.78, 5) is 14.6. The minimum absolute atomic E-state index is 0.0136. The van der Waals surface area contributed by atoms with E-state index < -0.39 is 0 Å². The Bertz CT molecular complexity index is 639. The molecule has 2 heterocycles. The predicted molar refractivity (Wildman–Crippen MR) is 87.6 cm³/mol. The molecular weight excluding hydrogens is 316 g/mol. The fraction of sp³-hybridized carbons (Fsp3) is 0.353. The van der Waals surface area contributed by atoms with E-state index in [1.54, 1.807) is 30.5 Å². The van der Waals surface area contributed by atoms with E-state index in [9.17, 15) is 4.79 Å². The van der Waals surface area contributed by atoms with Crippen molar-refractivity contribution >= 4 is 17.5 Å². The third-order valence-electron chi connectivity index (χ3n) is 3.93. The Morgan fingerprint density at radius 2 is 2.00 bits per heavy atom. The van der Waals surface area contributed by atoms with Crippen LogP contribution in [0.5, 0.6) is 0 Å². The molecule has 5 nitrogen and oxygen atoms in total. The molecule has 1 N–H and O–H groups in total. The maximum absolute atomic E-state index is 12.4. The van der Waals surface area contributed by atoms with Crippen LogP contribution in [0.1, 0.15) is 22.2 Å². The van der Waals surface area contributed by atoms with E-state index in [0.29, 0.717) is 30.3 Å². The summed E-state index contributed by atoms with van der Waals surface area (Å²) < 4.78 is 11.0. The zero-order valence-electron chi connectivity index (χ0n) is 12.7. The van der Waals surface area contributed by atoms with Gasteiger partial charge in [-0.1, -0.05) is 23.7 Å². The quantitative estimate of drug-likeness (QED) is 0.913. The highest BCUT2D eigenvalue weighted by atomic mass is 35.5. The molecule has 3 rings (SSSR count). The summed E-state index contributed by atoms with van der Waals surface area (Å²) in [6, 6.07) is 10.8. The van der Waals surface area contributed by atoms with Crippen LogP contribution in [-0.4, -0.2) is 43.7 Å². The van der Waals surface area contributed by atoms with Gasteiger partial charge in [-0.3, -0.25) is 9.69 Å². The van der Waals surface area contributed by atoms with Gasteiger partial charge in [-0.15, -0.1) is 0 Å². The van der Waals surface area contributed by atoms with Crippen molar-refractivity contribution in [1.82, 2.24) is 10.2 Å². The summed E-state index contributed by atoms with van der Waals surface area (Å²) >= 11 is 6.08. The summed E-state index contributed by atoms with van der Waals surface area (Å²) in [5.74, 6) is 0.659. The van der Waals surface area contributed by atoms with E-state index in [1.807, 2.05) is 12.1 Å². The van der Waals surface area contributed by atoms with Gasteiger partial charge >= 0.3 is 0 Å². The lowest BCUT2D eigenvalue weighted by atomic mass is 10.1. The van der Waals surface area contributed by atoms with Crippen LogP contribution >= 0.6 is 11.6 Å². The summed E-state index contributed by atoms with van der Waals surface area (Å²) in [6.07, 6.45) is 1.65. The molecule has 0 aliphatic carbocycles. The molecule has 0 bridgehead atoms. The number of hydrogen-bond acceptors (Lipinski definition) is 4. The smallest absolute Gasteiger partial charge is 0.252 e. The van der Waals surface area contributed by atoms with Gasteiger partial charge in [0.15, 0.2) is 0 Å². The average Bonchev–Trinajstić information content (AvgIpc) is 3.10. The van der Waals surface area contributed by atoms with Crippen molar-refractivity contribution in [2.45, 2.75) is 6.04 Å². The maximum Gasteiger partial charge on any atom is 0.252 e. The molecule has 0 spiro atoms. The van der Waals surface area contributed by atoms with Crippen LogP contribution in [0.15, 0.2) is 47.1 Å². The highest BCUT2D eigenvalue weighted by molar-refractivity contribution is 6.33. The summed E-state index contributed by atoms with van der Waals surface area (Å²) in [5, 5.41) is 3.41. The second-order valence-corrected chi connectivity index (χ2v) is 5.78. The fourth-order valence-electron chi connectivity index (χ4n) is 2.71. The molecule has 122 valence electrons. The van der Waals surface area contributed by atoms with E-state index in [4.69, 9.17) is 20.8 Å². The van der Waals surface area contributed by atoms with Gasteiger partial charge in [-0.05, 0) is 24.3 Å². The third-order valence-corrected chi connectivity index (χ3v) is 4.26. The molecule has 1 saturated heterocycles. The Morgan fingerprint density at radius 3 is 2.70 bits per heavy atom. The van der Waals surface area contributed by atoms with Crippen LogP contribution in [0, 0.1) is 0 Å². The van der Waals surface area contributed by atoms with Crippen LogP contribution in [0.25, 0.3) is 0 Å². The number of carbonyl (C=O) groups is 1. The van der Waals surface area contributed by atoms with Gasteiger partial charge < -0.3 is 14.5 Å². The maximum atomic E-state index is 12.4. The molecule has 1 atom stereocenters. The number of nitrogens with zero attached hydrogens (tertiary/aromatic N) is 1. The van der Waals surface area contributed by atoms with E-state index in [-0.39, 0.29) is 11.9 Å². The van der Waals surface area contributed by atoms with Crippen molar-refractivity contribution in [3.8, 4) is 0 Å². The van der Waals surface area contributed by atoms with Crippen LogP contribution in [-0.2, 0) is 4.74 Å². The molecule has 0 radical (unpaired) electrons. The topological polar surface area (TPSA) is 54.7 Å². The van der Waals surface area contributed by atoms with Gasteiger partial charge in [0.1, 0.15) is 5.76 Å². The average molecular weight is 335 g/mol. The minimum atomic E-state index is -0.180. The van der Waals surface area contributed by atoms with E-state index in [1.165, 1.54) is 0 Å². The molecular formula is C17H19ClN2O3. The Labute approximate surface area is 140 Å².